The SMILES string of the molecule is C1=CC(SCc2ccccc2)=NC=I1. The molecule has 72 valence electrons. The summed E-state index contributed by atoms with van der Waals surface area (Å²) in [6, 6.07) is 10.5. The number of thioether (sulfide) groups is 1. The first kappa shape index (κ1) is 10.1. The molecule has 0 unspecified atom stereocenters. The maximum atomic E-state index is 4.36. The lowest BCUT2D eigenvalue weighted by atomic mass is 10.2. The Balaban J connectivity index is 1.92. The summed E-state index contributed by atoms with van der Waals surface area (Å²) in [6.07, 6.45) is 2.14. The van der Waals surface area contributed by atoms with E-state index in [0.29, 0.717) is 0 Å². The fraction of sp³-hybridized carbons (Fsp3) is 0.0909. The second kappa shape index (κ2) is 5.46. The van der Waals surface area contributed by atoms with E-state index in [2.05, 4.69) is 43.6 Å². The van der Waals surface area contributed by atoms with E-state index >= 15 is 0 Å². The van der Waals surface area contributed by atoms with Gasteiger partial charge in [-0.1, -0.05) is 51.1 Å². The van der Waals surface area contributed by atoms with Gasteiger partial charge < -0.3 is 0 Å². The lowest BCUT2D eigenvalue weighted by Crippen LogP contribution is -1.90. The summed E-state index contributed by atoms with van der Waals surface area (Å²) in [6.45, 7) is 0. The predicted octanol–water partition coefficient (Wildman–Crippen LogP) is 3.58. The van der Waals surface area contributed by atoms with Gasteiger partial charge >= 0.3 is 0 Å². The summed E-state index contributed by atoms with van der Waals surface area (Å²) in [5, 5.41) is 1.14. The van der Waals surface area contributed by atoms with Crippen LogP contribution in [0.25, 0.3) is 0 Å². The Bertz CT molecular complexity index is 382. The van der Waals surface area contributed by atoms with Gasteiger partial charge in [-0.2, -0.15) is 0 Å². The standard InChI is InChI=1S/C11H10INS/c1-2-4-10(5-3-1)8-14-11-6-7-12-9-13-11/h1-7,9H,8H2. The third kappa shape index (κ3) is 3.06. The molecule has 0 bridgehead atoms. The van der Waals surface area contributed by atoms with E-state index in [4.69, 9.17) is 0 Å². The fourth-order valence-electron chi connectivity index (χ4n) is 1.06. The van der Waals surface area contributed by atoms with Gasteiger partial charge in [0.2, 0.25) is 0 Å². The van der Waals surface area contributed by atoms with Crippen LogP contribution in [0.3, 0.4) is 0 Å². The van der Waals surface area contributed by atoms with Gasteiger partial charge in [0, 0.05) is 5.75 Å². The molecule has 1 aliphatic heterocycles. The molecule has 0 N–H and O–H groups in total. The lowest BCUT2D eigenvalue weighted by Gasteiger charge is -2.02. The molecule has 2 rings (SSSR count). The first-order valence-corrected chi connectivity index (χ1v) is 7.77. The highest BCUT2D eigenvalue weighted by Gasteiger charge is 1.98. The van der Waals surface area contributed by atoms with Crippen LogP contribution in [0.15, 0.2) is 45.5 Å². The van der Waals surface area contributed by atoms with Crippen molar-refractivity contribution >= 4 is 41.7 Å². The highest BCUT2D eigenvalue weighted by atomic mass is 127. The van der Waals surface area contributed by atoms with Crippen LogP contribution in [0.4, 0.5) is 0 Å². The zero-order valence-electron chi connectivity index (χ0n) is 7.56. The minimum atomic E-state index is 0.115. The number of rotatable bonds is 2. The Morgan fingerprint density at radius 3 is 2.79 bits per heavy atom. The molecule has 1 aromatic carbocycles. The molecule has 14 heavy (non-hydrogen) atoms. The van der Waals surface area contributed by atoms with Crippen molar-refractivity contribution in [2.45, 2.75) is 5.75 Å². The van der Waals surface area contributed by atoms with E-state index in [1.807, 2.05) is 6.07 Å². The van der Waals surface area contributed by atoms with Crippen LogP contribution < -0.4 is 0 Å². The third-order valence-corrected chi connectivity index (χ3v) is 4.13. The van der Waals surface area contributed by atoms with Crippen molar-refractivity contribution < 1.29 is 0 Å². The highest BCUT2D eigenvalue weighted by Crippen LogP contribution is 2.17. The van der Waals surface area contributed by atoms with E-state index in [0.717, 1.165) is 10.8 Å². The van der Waals surface area contributed by atoms with Gasteiger partial charge in [0.15, 0.2) is 0 Å². The molecule has 0 aromatic heterocycles. The van der Waals surface area contributed by atoms with Crippen molar-refractivity contribution in [2.75, 3.05) is 0 Å². The molecule has 0 radical (unpaired) electrons. The Hall–Kier alpha value is -0.420. The van der Waals surface area contributed by atoms with Gasteiger partial charge in [0.25, 0.3) is 0 Å². The number of hydrogen-bond acceptors (Lipinski definition) is 2. The normalized spacial score (nSPS) is 14.7. The van der Waals surface area contributed by atoms with Gasteiger partial charge in [-0.25, -0.2) is 4.99 Å². The summed E-state index contributed by atoms with van der Waals surface area (Å²) in [4.78, 5) is 4.36. The predicted molar refractivity (Wildman–Crippen MR) is 74.4 cm³/mol. The highest BCUT2D eigenvalue weighted by molar-refractivity contribution is 14.2. The largest absolute Gasteiger partial charge is 0.244 e. The van der Waals surface area contributed by atoms with Gasteiger partial charge in [0.1, 0.15) is 0 Å². The summed E-state index contributed by atoms with van der Waals surface area (Å²) in [7, 11) is 0. The molecule has 3 heteroatoms. The monoisotopic (exact) mass is 315 g/mol. The molecule has 1 aliphatic rings. The third-order valence-electron chi connectivity index (χ3n) is 1.74. The Morgan fingerprint density at radius 2 is 2.07 bits per heavy atom. The van der Waals surface area contributed by atoms with E-state index in [9.17, 15) is 0 Å². The molecule has 1 nitrogen and oxygen atoms in total. The summed E-state index contributed by atoms with van der Waals surface area (Å²) < 4.78 is 4.31. The van der Waals surface area contributed by atoms with Crippen LogP contribution in [-0.4, -0.2) is 9.18 Å². The fourth-order valence-corrected chi connectivity index (χ4v) is 3.49. The van der Waals surface area contributed by atoms with Crippen LogP contribution >= 0.6 is 32.5 Å². The first-order chi connectivity index (χ1) is 6.95. The second-order valence-electron chi connectivity index (χ2n) is 2.76. The van der Waals surface area contributed by atoms with Crippen molar-refractivity contribution in [3.8, 4) is 0 Å². The summed E-state index contributed by atoms with van der Waals surface area (Å²) in [5.74, 6) is 1.01. The molecule has 0 fully saturated rings. The van der Waals surface area contributed by atoms with Crippen LogP contribution in [0.2, 0.25) is 0 Å². The van der Waals surface area contributed by atoms with Crippen LogP contribution in [0.1, 0.15) is 5.56 Å². The minimum absolute atomic E-state index is 0.115. The average Bonchev–Trinajstić information content (AvgIpc) is 2.29. The molecular formula is C11H10INS. The quantitative estimate of drug-likeness (QED) is 0.760. The molecule has 0 spiro atoms. The molecule has 0 saturated carbocycles. The average molecular weight is 315 g/mol. The van der Waals surface area contributed by atoms with Gasteiger partial charge in [0.05, 0.1) is 9.18 Å². The molecule has 1 heterocycles. The van der Waals surface area contributed by atoms with Crippen molar-refractivity contribution in [1.82, 2.24) is 0 Å². The van der Waals surface area contributed by atoms with Gasteiger partial charge in [-0.05, 0) is 15.7 Å². The van der Waals surface area contributed by atoms with E-state index in [1.54, 1.807) is 11.8 Å². The number of hydrogen-bond donors (Lipinski definition) is 0. The number of benzene rings is 1. The maximum Gasteiger partial charge on any atom is 0.0972 e. The Labute approximate surface area is 98.1 Å². The molecule has 0 amide bonds. The minimum Gasteiger partial charge on any atom is -0.244 e. The summed E-state index contributed by atoms with van der Waals surface area (Å²) in [5.41, 5.74) is 1.36. The maximum absolute atomic E-state index is 4.36. The lowest BCUT2D eigenvalue weighted by molar-refractivity contribution is 1.42. The number of aliphatic imine (C=N–C) groups is 1. The van der Waals surface area contributed by atoms with Gasteiger partial charge in [-0.15, -0.1) is 11.8 Å². The van der Waals surface area contributed by atoms with Crippen molar-refractivity contribution in [2.24, 2.45) is 4.99 Å². The molecule has 0 saturated heterocycles. The first-order valence-electron chi connectivity index (χ1n) is 4.30. The van der Waals surface area contributed by atoms with Crippen LogP contribution in [0, 0.1) is 0 Å². The number of nitrogens with zero attached hydrogens (tertiary/aromatic N) is 1. The van der Waals surface area contributed by atoms with E-state index in [1.165, 1.54) is 5.56 Å². The summed E-state index contributed by atoms with van der Waals surface area (Å²) >= 11 is 1.91. The zero-order chi connectivity index (χ0) is 9.64. The van der Waals surface area contributed by atoms with E-state index < -0.39 is 0 Å². The molecular weight excluding hydrogens is 305 g/mol. The van der Waals surface area contributed by atoms with Gasteiger partial charge in [-0.3, -0.25) is 0 Å². The van der Waals surface area contributed by atoms with Crippen molar-refractivity contribution in [1.29, 1.82) is 0 Å². The smallest absolute Gasteiger partial charge is 0.0972 e. The van der Waals surface area contributed by atoms with Crippen LogP contribution in [-0.2, 0) is 5.75 Å². The van der Waals surface area contributed by atoms with Crippen molar-refractivity contribution in [3.05, 3.63) is 46.1 Å². The van der Waals surface area contributed by atoms with Crippen LogP contribution in [0.5, 0.6) is 0 Å². The molecule has 0 aliphatic carbocycles. The Morgan fingerprint density at radius 1 is 1.21 bits per heavy atom. The topological polar surface area (TPSA) is 12.4 Å². The Kier molecular flexibility index (Phi) is 3.94. The number of halogens is 1. The second-order valence-corrected chi connectivity index (χ2v) is 5.75. The van der Waals surface area contributed by atoms with Crippen molar-refractivity contribution in [3.63, 3.8) is 0 Å². The zero-order valence-corrected chi connectivity index (χ0v) is 10.5. The molecule has 0 atom stereocenters. The van der Waals surface area contributed by atoms with E-state index in [-0.39, 0.29) is 20.7 Å². The molecule has 1 aromatic rings.